The zero-order chi connectivity index (χ0) is 23.8. The van der Waals surface area contributed by atoms with Crippen LogP contribution in [0, 0.1) is 23.7 Å². The van der Waals surface area contributed by atoms with Gasteiger partial charge in [0.2, 0.25) is 5.91 Å². The van der Waals surface area contributed by atoms with Crippen LogP contribution in [0.25, 0.3) is 0 Å². The van der Waals surface area contributed by atoms with Gasteiger partial charge in [-0.05, 0) is 66.8 Å². The first-order valence-corrected chi connectivity index (χ1v) is 11.6. The first kappa shape index (κ1) is 24.5. The molecule has 2 amide bonds. The Morgan fingerprint density at radius 1 is 1.09 bits per heavy atom. The maximum Gasteiger partial charge on any atom is 0.251 e. The number of carbonyl (C=O) groups excluding carboxylic acids is 2. The molecule has 3 rings (SSSR count). The summed E-state index contributed by atoms with van der Waals surface area (Å²) in [6.07, 6.45) is 6.95. The van der Waals surface area contributed by atoms with Crippen LogP contribution in [0.1, 0.15) is 49.5 Å². The molecule has 1 aliphatic carbocycles. The number of ether oxygens (including phenoxy) is 1. The zero-order valence-electron chi connectivity index (χ0n) is 20.0. The molecular formula is C27H35N3O3. The largest absolute Gasteiger partial charge is 0.497 e. The summed E-state index contributed by atoms with van der Waals surface area (Å²) in [5.74, 6) is 2.14. The summed E-state index contributed by atoms with van der Waals surface area (Å²) in [7, 11) is 1.64. The Morgan fingerprint density at radius 2 is 1.79 bits per heavy atom. The SMILES string of the molecule is COc1ccc(CNC(=O)CC2CC(C(C)C)C(CNC(=O)c3ccncc3)C=C2C)cc1. The van der Waals surface area contributed by atoms with Crippen LogP contribution in [-0.4, -0.2) is 30.5 Å². The number of amides is 2. The maximum atomic E-state index is 12.7. The van der Waals surface area contributed by atoms with Gasteiger partial charge in [-0.3, -0.25) is 14.6 Å². The molecule has 1 aliphatic rings. The molecule has 6 nitrogen and oxygen atoms in total. The normalized spacial score (nSPS) is 20.2. The Balaban J connectivity index is 1.56. The van der Waals surface area contributed by atoms with E-state index in [9.17, 15) is 9.59 Å². The van der Waals surface area contributed by atoms with Crippen LogP contribution < -0.4 is 15.4 Å². The van der Waals surface area contributed by atoms with Gasteiger partial charge in [0.15, 0.2) is 0 Å². The molecule has 1 aromatic heterocycles. The summed E-state index contributed by atoms with van der Waals surface area (Å²) in [4.78, 5) is 29.1. The minimum absolute atomic E-state index is 0.0653. The molecule has 1 heterocycles. The smallest absolute Gasteiger partial charge is 0.251 e. The zero-order valence-corrected chi connectivity index (χ0v) is 20.0. The van der Waals surface area contributed by atoms with E-state index in [2.05, 4.69) is 42.5 Å². The Bertz CT molecular complexity index is 954. The lowest BCUT2D eigenvalue weighted by molar-refractivity contribution is -0.122. The Kier molecular flexibility index (Phi) is 8.64. The summed E-state index contributed by atoms with van der Waals surface area (Å²) < 4.78 is 5.18. The third-order valence-corrected chi connectivity index (χ3v) is 6.61. The lowest BCUT2D eigenvalue weighted by Crippen LogP contribution is -2.37. The van der Waals surface area contributed by atoms with E-state index in [0.29, 0.717) is 36.9 Å². The van der Waals surface area contributed by atoms with Gasteiger partial charge in [-0.1, -0.05) is 37.6 Å². The van der Waals surface area contributed by atoms with Crippen LogP contribution in [0.2, 0.25) is 0 Å². The van der Waals surface area contributed by atoms with Crippen LogP contribution in [0.4, 0.5) is 0 Å². The van der Waals surface area contributed by atoms with Crippen molar-refractivity contribution in [2.24, 2.45) is 23.7 Å². The molecule has 0 saturated carbocycles. The second-order valence-electron chi connectivity index (χ2n) is 9.19. The topological polar surface area (TPSA) is 80.3 Å². The van der Waals surface area contributed by atoms with Crippen LogP contribution in [0.5, 0.6) is 5.75 Å². The molecule has 176 valence electrons. The minimum Gasteiger partial charge on any atom is -0.497 e. The number of nitrogens with one attached hydrogen (secondary N) is 2. The van der Waals surface area contributed by atoms with Crippen LogP contribution in [0.3, 0.4) is 0 Å². The molecule has 0 aliphatic heterocycles. The van der Waals surface area contributed by atoms with E-state index in [4.69, 9.17) is 4.74 Å². The summed E-state index contributed by atoms with van der Waals surface area (Å²) in [6.45, 7) is 7.65. The fourth-order valence-corrected chi connectivity index (χ4v) is 4.56. The van der Waals surface area contributed by atoms with Crippen LogP contribution in [-0.2, 0) is 11.3 Å². The second-order valence-corrected chi connectivity index (χ2v) is 9.19. The maximum absolute atomic E-state index is 12.7. The van der Waals surface area contributed by atoms with Crippen molar-refractivity contribution in [3.05, 3.63) is 71.6 Å². The van der Waals surface area contributed by atoms with Gasteiger partial charge in [-0.2, -0.15) is 0 Å². The summed E-state index contributed by atoms with van der Waals surface area (Å²) in [6, 6.07) is 11.2. The number of aromatic nitrogens is 1. The fourth-order valence-electron chi connectivity index (χ4n) is 4.56. The number of rotatable bonds is 9. The van der Waals surface area contributed by atoms with Gasteiger partial charge in [0.25, 0.3) is 5.91 Å². The number of allylic oxidation sites excluding steroid dienone is 1. The van der Waals surface area contributed by atoms with E-state index in [0.717, 1.165) is 17.7 Å². The van der Waals surface area contributed by atoms with E-state index >= 15 is 0 Å². The summed E-state index contributed by atoms with van der Waals surface area (Å²) in [5.41, 5.74) is 2.90. The van der Waals surface area contributed by atoms with E-state index in [-0.39, 0.29) is 23.7 Å². The molecule has 33 heavy (non-hydrogen) atoms. The average Bonchev–Trinajstić information content (AvgIpc) is 2.83. The minimum atomic E-state index is -0.0778. The van der Waals surface area contributed by atoms with Crippen molar-refractivity contribution in [1.82, 2.24) is 15.6 Å². The second kappa shape index (κ2) is 11.6. The molecule has 0 bridgehead atoms. The Morgan fingerprint density at radius 3 is 2.42 bits per heavy atom. The highest BCUT2D eigenvalue weighted by molar-refractivity contribution is 5.93. The molecule has 1 aromatic carbocycles. The first-order valence-electron chi connectivity index (χ1n) is 11.6. The molecule has 6 heteroatoms. The van der Waals surface area contributed by atoms with Gasteiger partial charge in [-0.15, -0.1) is 0 Å². The predicted molar refractivity (Wildman–Crippen MR) is 130 cm³/mol. The standard InChI is InChI=1S/C27H35N3O3/c1-18(2)25-14-22(15-26(31)29-16-20-5-7-24(33-4)8-6-20)19(3)13-23(25)17-30-27(32)21-9-11-28-12-10-21/h5-13,18,22-23,25H,14-17H2,1-4H3,(H,29,31)(H,30,32). The van der Waals surface area contributed by atoms with Gasteiger partial charge < -0.3 is 15.4 Å². The number of methoxy groups -OCH3 is 1. The average molecular weight is 450 g/mol. The van der Waals surface area contributed by atoms with Gasteiger partial charge in [0, 0.05) is 37.5 Å². The number of hydrogen-bond donors (Lipinski definition) is 2. The summed E-state index contributed by atoms with van der Waals surface area (Å²) in [5, 5.41) is 6.13. The third-order valence-electron chi connectivity index (χ3n) is 6.61. The van der Waals surface area contributed by atoms with Crippen molar-refractivity contribution in [1.29, 1.82) is 0 Å². The highest BCUT2D eigenvalue weighted by Gasteiger charge is 2.32. The van der Waals surface area contributed by atoms with Crippen molar-refractivity contribution < 1.29 is 14.3 Å². The molecule has 0 spiro atoms. The molecular weight excluding hydrogens is 414 g/mol. The molecule has 2 aromatic rings. The van der Waals surface area contributed by atoms with Crippen molar-refractivity contribution in [3.63, 3.8) is 0 Å². The summed E-state index contributed by atoms with van der Waals surface area (Å²) >= 11 is 0. The molecule has 0 saturated heterocycles. The number of hydrogen-bond acceptors (Lipinski definition) is 4. The van der Waals surface area contributed by atoms with E-state index in [1.807, 2.05) is 24.3 Å². The van der Waals surface area contributed by atoms with E-state index in [1.54, 1.807) is 31.6 Å². The van der Waals surface area contributed by atoms with Crippen LogP contribution >= 0.6 is 0 Å². The lowest BCUT2D eigenvalue weighted by Gasteiger charge is -2.37. The first-order chi connectivity index (χ1) is 15.9. The molecule has 3 atom stereocenters. The Hall–Kier alpha value is -3.15. The third kappa shape index (κ3) is 6.91. The number of nitrogens with zero attached hydrogens (tertiary/aromatic N) is 1. The Labute approximate surface area is 196 Å². The fraction of sp³-hybridized carbons (Fsp3) is 0.444. The van der Waals surface area contributed by atoms with E-state index < -0.39 is 0 Å². The van der Waals surface area contributed by atoms with Crippen LogP contribution in [0.15, 0.2) is 60.4 Å². The van der Waals surface area contributed by atoms with Gasteiger partial charge in [0.1, 0.15) is 5.75 Å². The number of benzene rings is 1. The molecule has 0 fully saturated rings. The van der Waals surface area contributed by atoms with Crippen molar-refractivity contribution >= 4 is 11.8 Å². The molecule has 3 unspecified atom stereocenters. The van der Waals surface area contributed by atoms with Crippen molar-refractivity contribution in [2.75, 3.05) is 13.7 Å². The van der Waals surface area contributed by atoms with Crippen molar-refractivity contribution in [3.8, 4) is 5.75 Å². The van der Waals surface area contributed by atoms with Gasteiger partial charge in [0.05, 0.1) is 7.11 Å². The highest BCUT2D eigenvalue weighted by Crippen LogP contribution is 2.38. The van der Waals surface area contributed by atoms with Crippen molar-refractivity contribution in [2.45, 2.75) is 40.2 Å². The molecule has 0 radical (unpaired) electrons. The monoisotopic (exact) mass is 449 g/mol. The lowest BCUT2D eigenvalue weighted by atomic mass is 9.69. The molecule has 2 N–H and O–H groups in total. The van der Waals surface area contributed by atoms with Gasteiger partial charge in [-0.25, -0.2) is 0 Å². The predicted octanol–water partition coefficient (Wildman–Crippen LogP) is 4.38. The number of carbonyl (C=O) groups is 2. The number of pyridine rings is 1. The quantitative estimate of drug-likeness (QED) is 0.557. The van der Waals surface area contributed by atoms with Gasteiger partial charge >= 0.3 is 0 Å². The highest BCUT2D eigenvalue weighted by atomic mass is 16.5. The van der Waals surface area contributed by atoms with E-state index in [1.165, 1.54) is 5.57 Å².